The van der Waals surface area contributed by atoms with Gasteiger partial charge in [-0.2, -0.15) is 0 Å². The lowest BCUT2D eigenvalue weighted by molar-refractivity contribution is -0.139. The van der Waals surface area contributed by atoms with Crippen LogP contribution in [-0.4, -0.2) is 23.1 Å². The summed E-state index contributed by atoms with van der Waals surface area (Å²) in [7, 11) is 0. The van der Waals surface area contributed by atoms with Crippen molar-refractivity contribution in [1.29, 1.82) is 0 Å². The second-order valence-electron chi connectivity index (χ2n) is 5.24. The molecule has 0 radical (unpaired) electrons. The highest BCUT2D eigenvalue weighted by Gasteiger charge is 2.21. The Morgan fingerprint density at radius 1 is 1.33 bits per heavy atom. The first kappa shape index (κ1) is 17.5. The molecule has 21 heavy (non-hydrogen) atoms. The Balaban J connectivity index is 2.59. The molecular formula is C15H24N2O3S. The zero-order chi connectivity index (χ0) is 16.0. The van der Waals surface area contributed by atoms with Crippen LogP contribution in [0.5, 0.6) is 0 Å². The molecule has 1 aromatic rings. The van der Waals surface area contributed by atoms with Crippen LogP contribution in [0, 0.1) is 13.8 Å². The van der Waals surface area contributed by atoms with Crippen LogP contribution in [0.25, 0.3) is 0 Å². The number of hydrogen-bond donors (Lipinski definition) is 3. The van der Waals surface area contributed by atoms with E-state index in [2.05, 4.69) is 16.7 Å². The van der Waals surface area contributed by atoms with Gasteiger partial charge in [-0.3, -0.25) is 0 Å². The average Bonchev–Trinajstić information content (AvgIpc) is 2.73. The summed E-state index contributed by atoms with van der Waals surface area (Å²) in [5.41, 5.74) is 1.08. The fourth-order valence-electron chi connectivity index (χ4n) is 2.22. The molecule has 3 N–H and O–H groups in total. The summed E-state index contributed by atoms with van der Waals surface area (Å²) >= 11 is 1.69. The van der Waals surface area contributed by atoms with Crippen molar-refractivity contribution in [2.75, 3.05) is 0 Å². The van der Waals surface area contributed by atoms with Gasteiger partial charge in [0, 0.05) is 9.75 Å². The van der Waals surface area contributed by atoms with Gasteiger partial charge in [-0.05, 0) is 38.8 Å². The summed E-state index contributed by atoms with van der Waals surface area (Å²) in [6.45, 7) is 7.93. The number of aryl methyl sites for hydroxylation is 2. The molecule has 5 nitrogen and oxygen atoms in total. The molecule has 118 valence electrons. The van der Waals surface area contributed by atoms with Crippen LogP contribution in [0.3, 0.4) is 0 Å². The van der Waals surface area contributed by atoms with Crippen LogP contribution in [0.15, 0.2) is 6.07 Å². The normalized spacial score (nSPS) is 13.5. The maximum Gasteiger partial charge on any atom is 0.326 e. The summed E-state index contributed by atoms with van der Waals surface area (Å²) in [6.07, 6.45) is 2.12. The Kier molecular flexibility index (Phi) is 6.68. The third-order valence-electron chi connectivity index (χ3n) is 3.34. The van der Waals surface area contributed by atoms with E-state index < -0.39 is 18.0 Å². The number of carbonyl (C=O) groups is 2. The fraction of sp³-hybridized carbons (Fsp3) is 0.600. The highest BCUT2D eigenvalue weighted by Crippen LogP contribution is 2.25. The van der Waals surface area contributed by atoms with Crippen molar-refractivity contribution in [1.82, 2.24) is 10.6 Å². The van der Waals surface area contributed by atoms with Gasteiger partial charge < -0.3 is 15.7 Å². The maximum absolute atomic E-state index is 11.9. The van der Waals surface area contributed by atoms with Crippen molar-refractivity contribution in [3.63, 3.8) is 0 Å². The van der Waals surface area contributed by atoms with Crippen molar-refractivity contribution in [3.05, 3.63) is 21.4 Å². The summed E-state index contributed by atoms with van der Waals surface area (Å²) in [6, 6.07) is 0.642. The lowest BCUT2D eigenvalue weighted by Crippen LogP contribution is -2.46. The number of nitrogens with one attached hydrogen (secondary N) is 2. The molecule has 6 heteroatoms. The Morgan fingerprint density at radius 3 is 2.48 bits per heavy atom. The third kappa shape index (κ3) is 5.38. The fourth-order valence-corrected chi connectivity index (χ4v) is 3.24. The van der Waals surface area contributed by atoms with Crippen LogP contribution in [0.4, 0.5) is 4.79 Å². The van der Waals surface area contributed by atoms with E-state index in [0.717, 1.165) is 18.4 Å². The van der Waals surface area contributed by atoms with Gasteiger partial charge in [-0.1, -0.05) is 19.8 Å². The number of aliphatic carboxylic acids is 1. The molecule has 0 spiro atoms. The molecule has 2 unspecified atom stereocenters. The van der Waals surface area contributed by atoms with Gasteiger partial charge in [0.15, 0.2) is 0 Å². The molecule has 1 heterocycles. The van der Waals surface area contributed by atoms with E-state index in [4.69, 9.17) is 5.11 Å². The monoisotopic (exact) mass is 312 g/mol. The number of hydrogen-bond acceptors (Lipinski definition) is 3. The Morgan fingerprint density at radius 2 is 2.00 bits per heavy atom. The SMILES string of the molecule is CCCCC(NC(=O)NC(C)c1cc(C)sc1C)C(=O)O. The van der Waals surface area contributed by atoms with E-state index in [9.17, 15) is 9.59 Å². The third-order valence-corrected chi connectivity index (χ3v) is 4.32. The highest BCUT2D eigenvalue weighted by atomic mass is 32.1. The predicted octanol–water partition coefficient (Wildman–Crippen LogP) is 3.37. The molecule has 0 aromatic carbocycles. The number of unbranched alkanes of at least 4 members (excludes halogenated alkanes) is 1. The van der Waals surface area contributed by atoms with Crippen LogP contribution in [0.2, 0.25) is 0 Å². The Bertz CT molecular complexity index is 499. The molecule has 0 saturated carbocycles. The van der Waals surface area contributed by atoms with Gasteiger partial charge in [-0.15, -0.1) is 11.3 Å². The van der Waals surface area contributed by atoms with Crippen molar-refractivity contribution in [2.24, 2.45) is 0 Å². The van der Waals surface area contributed by atoms with Crippen molar-refractivity contribution in [2.45, 2.75) is 59.0 Å². The summed E-state index contributed by atoms with van der Waals surface area (Å²) < 4.78 is 0. The first-order chi connectivity index (χ1) is 9.85. The minimum Gasteiger partial charge on any atom is -0.480 e. The lowest BCUT2D eigenvalue weighted by atomic mass is 10.1. The Hall–Kier alpha value is -1.56. The number of amides is 2. The lowest BCUT2D eigenvalue weighted by Gasteiger charge is -2.18. The topological polar surface area (TPSA) is 78.4 Å². The summed E-state index contributed by atoms with van der Waals surface area (Å²) in [5.74, 6) is -0.992. The van der Waals surface area contributed by atoms with Crippen LogP contribution >= 0.6 is 11.3 Å². The van der Waals surface area contributed by atoms with Gasteiger partial charge in [0.2, 0.25) is 0 Å². The van der Waals surface area contributed by atoms with E-state index in [1.807, 2.05) is 27.7 Å². The summed E-state index contributed by atoms with van der Waals surface area (Å²) in [4.78, 5) is 25.4. The molecule has 0 aliphatic carbocycles. The molecule has 1 rings (SSSR count). The molecule has 0 aliphatic heterocycles. The number of thiophene rings is 1. The van der Waals surface area contributed by atoms with E-state index in [1.165, 1.54) is 9.75 Å². The van der Waals surface area contributed by atoms with Gasteiger partial charge in [0.25, 0.3) is 0 Å². The van der Waals surface area contributed by atoms with E-state index >= 15 is 0 Å². The summed E-state index contributed by atoms with van der Waals surface area (Å²) in [5, 5.41) is 14.4. The molecule has 0 aliphatic rings. The van der Waals surface area contributed by atoms with E-state index in [-0.39, 0.29) is 6.04 Å². The average molecular weight is 312 g/mol. The number of carbonyl (C=O) groups excluding carboxylic acids is 1. The molecular weight excluding hydrogens is 288 g/mol. The number of carboxylic acids is 1. The second-order valence-corrected chi connectivity index (χ2v) is 6.70. The van der Waals surface area contributed by atoms with Crippen LogP contribution in [-0.2, 0) is 4.79 Å². The van der Waals surface area contributed by atoms with Crippen molar-refractivity contribution in [3.8, 4) is 0 Å². The molecule has 0 saturated heterocycles. The number of urea groups is 1. The minimum absolute atomic E-state index is 0.143. The van der Waals surface area contributed by atoms with Gasteiger partial charge in [0.05, 0.1) is 6.04 Å². The molecule has 0 bridgehead atoms. The second kappa shape index (κ2) is 8.02. The maximum atomic E-state index is 11.9. The van der Waals surface area contributed by atoms with E-state index in [1.54, 1.807) is 11.3 Å². The van der Waals surface area contributed by atoms with Gasteiger partial charge >= 0.3 is 12.0 Å². The van der Waals surface area contributed by atoms with E-state index in [0.29, 0.717) is 6.42 Å². The number of carboxylic acid groups (broad SMARTS) is 1. The van der Waals surface area contributed by atoms with Crippen molar-refractivity contribution >= 4 is 23.3 Å². The zero-order valence-electron chi connectivity index (χ0n) is 13.0. The van der Waals surface area contributed by atoms with Crippen LogP contribution < -0.4 is 10.6 Å². The highest BCUT2D eigenvalue weighted by molar-refractivity contribution is 7.12. The number of rotatable bonds is 7. The quantitative estimate of drug-likeness (QED) is 0.722. The minimum atomic E-state index is -0.992. The zero-order valence-corrected chi connectivity index (χ0v) is 13.8. The van der Waals surface area contributed by atoms with Crippen LogP contribution in [0.1, 0.15) is 54.5 Å². The molecule has 0 fully saturated rings. The molecule has 2 amide bonds. The molecule has 1 aromatic heterocycles. The molecule has 2 atom stereocenters. The first-order valence-corrected chi connectivity index (χ1v) is 8.03. The first-order valence-electron chi connectivity index (χ1n) is 7.21. The predicted molar refractivity (Wildman–Crippen MR) is 84.8 cm³/mol. The largest absolute Gasteiger partial charge is 0.480 e. The Labute approximate surface area is 129 Å². The standard InChI is InChI=1S/C15H24N2O3S/c1-5-6-7-13(14(18)19)17-15(20)16-10(3)12-8-9(2)21-11(12)4/h8,10,13H,5-7H2,1-4H3,(H,18,19)(H2,16,17,20). The van der Waals surface area contributed by atoms with Gasteiger partial charge in [0.1, 0.15) is 6.04 Å². The smallest absolute Gasteiger partial charge is 0.326 e. The van der Waals surface area contributed by atoms with Gasteiger partial charge in [-0.25, -0.2) is 9.59 Å². The van der Waals surface area contributed by atoms with Crippen molar-refractivity contribution < 1.29 is 14.7 Å².